The number of hydrogen-bond donors (Lipinski definition) is 8. The number of carboxylic acids is 2. The number of nitrogens with two attached hydrogens (primary N) is 1. The summed E-state index contributed by atoms with van der Waals surface area (Å²) in [5, 5.41) is 34.1. The van der Waals surface area contributed by atoms with E-state index in [-0.39, 0.29) is 18.8 Å². The molecule has 34 heavy (non-hydrogen) atoms. The number of imidazole rings is 1. The second-order valence-corrected chi connectivity index (χ2v) is 7.83. The maximum atomic E-state index is 13.0. The molecule has 0 aliphatic rings. The van der Waals surface area contributed by atoms with E-state index in [2.05, 4.69) is 20.6 Å². The van der Waals surface area contributed by atoms with Gasteiger partial charge in [0.2, 0.25) is 17.7 Å². The van der Waals surface area contributed by atoms with Crippen LogP contribution in [-0.4, -0.2) is 85.7 Å². The largest absolute Gasteiger partial charge is 0.481 e. The normalized spacial score (nSPS) is 15.3. The highest BCUT2D eigenvalue weighted by Gasteiger charge is 2.32. The molecule has 0 saturated carbocycles. The van der Waals surface area contributed by atoms with E-state index in [4.69, 9.17) is 21.1 Å². The topological polar surface area (TPSA) is 237 Å². The lowest BCUT2D eigenvalue weighted by atomic mass is 9.97. The van der Waals surface area contributed by atoms with Crippen LogP contribution in [0.25, 0.3) is 0 Å². The number of H-pyrrole nitrogens is 1. The number of aromatic amines is 1. The Bertz CT molecular complexity index is 846. The standard InChI is InChI=1S/C20H32N6O8/c1-3-10(2)16(26-17(30)12(21)6-11-7-22-9-23-11)19(32)24-13(4-5-15(28)29)18(31)25-14(8-27)20(33)34/h7,9-10,12-14,16,27H,3-6,8,21H2,1-2H3,(H,22,23)(H,24,32)(H,25,31)(H,26,30)(H,28,29)(H,33,34). The highest BCUT2D eigenvalue weighted by Crippen LogP contribution is 2.10. The molecule has 0 radical (unpaired) electrons. The third-order valence-electron chi connectivity index (χ3n) is 5.20. The van der Waals surface area contributed by atoms with Gasteiger partial charge < -0.3 is 42.0 Å². The number of rotatable bonds is 15. The summed E-state index contributed by atoms with van der Waals surface area (Å²) >= 11 is 0. The molecule has 9 N–H and O–H groups in total. The molecule has 1 aromatic rings. The van der Waals surface area contributed by atoms with Crippen molar-refractivity contribution >= 4 is 29.7 Å². The molecular weight excluding hydrogens is 452 g/mol. The zero-order valence-corrected chi connectivity index (χ0v) is 19.0. The molecule has 1 heterocycles. The number of aliphatic carboxylic acids is 2. The molecule has 14 nitrogen and oxygen atoms in total. The van der Waals surface area contributed by atoms with Crippen molar-refractivity contribution in [3.63, 3.8) is 0 Å². The first kappa shape index (κ1) is 28.5. The van der Waals surface area contributed by atoms with Gasteiger partial charge in [-0.15, -0.1) is 0 Å². The van der Waals surface area contributed by atoms with Crippen LogP contribution in [0, 0.1) is 5.92 Å². The van der Waals surface area contributed by atoms with Crippen LogP contribution in [0.2, 0.25) is 0 Å². The Labute approximate surface area is 195 Å². The molecule has 3 amide bonds. The first-order valence-electron chi connectivity index (χ1n) is 10.7. The van der Waals surface area contributed by atoms with E-state index in [1.807, 2.05) is 5.32 Å². The lowest BCUT2D eigenvalue weighted by molar-refractivity contribution is -0.144. The van der Waals surface area contributed by atoms with Crippen LogP contribution in [0.4, 0.5) is 0 Å². The first-order valence-corrected chi connectivity index (χ1v) is 10.7. The number of aromatic nitrogens is 2. The fraction of sp³-hybridized carbons (Fsp3) is 0.600. The Morgan fingerprint density at radius 3 is 2.21 bits per heavy atom. The highest BCUT2D eigenvalue weighted by molar-refractivity contribution is 5.94. The molecule has 0 aliphatic heterocycles. The SMILES string of the molecule is CCC(C)C(NC(=O)C(N)Cc1cnc[nH]1)C(=O)NC(CCC(=O)O)C(=O)NC(CO)C(=O)O. The molecule has 1 rings (SSSR count). The van der Waals surface area contributed by atoms with E-state index in [0.29, 0.717) is 12.1 Å². The van der Waals surface area contributed by atoms with Crippen LogP contribution < -0.4 is 21.7 Å². The predicted molar refractivity (Wildman–Crippen MR) is 117 cm³/mol. The number of aliphatic hydroxyl groups is 1. The van der Waals surface area contributed by atoms with Crippen LogP contribution in [-0.2, 0) is 30.4 Å². The Morgan fingerprint density at radius 2 is 1.71 bits per heavy atom. The minimum absolute atomic E-state index is 0.141. The summed E-state index contributed by atoms with van der Waals surface area (Å²) in [5.41, 5.74) is 6.55. The predicted octanol–water partition coefficient (Wildman–Crippen LogP) is -2.28. The van der Waals surface area contributed by atoms with Gasteiger partial charge >= 0.3 is 11.9 Å². The van der Waals surface area contributed by atoms with E-state index < -0.39 is 66.9 Å². The van der Waals surface area contributed by atoms with E-state index in [1.54, 1.807) is 13.8 Å². The van der Waals surface area contributed by atoms with E-state index in [9.17, 15) is 24.0 Å². The maximum absolute atomic E-state index is 13.0. The number of carbonyl (C=O) groups excluding carboxylic acids is 3. The summed E-state index contributed by atoms with van der Waals surface area (Å²) in [5.74, 6) is -5.49. The van der Waals surface area contributed by atoms with Crippen LogP contribution in [0.15, 0.2) is 12.5 Å². The van der Waals surface area contributed by atoms with E-state index in [0.717, 1.165) is 0 Å². The van der Waals surface area contributed by atoms with Crippen molar-refractivity contribution in [1.29, 1.82) is 0 Å². The molecule has 190 valence electrons. The van der Waals surface area contributed by atoms with Gasteiger partial charge in [-0.2, -0.15) is 0 Å². The molecular formula is C20H32N6O8. The minimum Gasteiger partial charge on any atom is -0.481 e. The van der Waals surface area contributed by atoms with Gasteiger partial charge in [0.25, 0.3) is 0 Å². The Kier molecular flexibility index (Phi) is 11.7. The number of hydrogen-bond acceptors (Lipinski definition) is 8. The smallest absolute Gasteiger partial charge is 0.328 e. The fourth-order valence-corrected chi connectivity index (χ4v) is 2.94. The van der Waals surface area contributed by atoms with Gasteiger partial charge in [0.05, 0.1) is 19.0 Å². The van der Waals surface area contributed by atoms with Gasteiger partial charge in [0, 0.05) is 24.7 Å². The van der Waals surface area contributed by atoms with E-state index >= 15 is 0 Å². The van der Waals surface area contributed by atoms with Crippen molar-refractivity contribution < 1.29 is 39.3 Å². The number of nitrogens with one attached hydrogen (secondary N) is 4. The van der Waals surface area contributed by atoms with E-state index in [1.165, 1.54) is 12.5 Å². The summed E-state index contributed by atoms with van der Waals surface area (Å²) < 4.78 is 0. The highest BCUT2D eigenvalue weighted by atomic mass is 16.4. The Morgan fingerprint density at radius 1 is 1.06 bits per heavy atom. The molecule has 0 spiro atoms. The van der Waals surface area contributed by atoms with Gasteiger partial charge in [0.1, 0.15) is 18.1 Å². The lowest BCUT2D eigenvalue weighted by Gasteiger charge is -2.27. The van der Waals surface area contributed by atoms with Gasteiger partial charge in [0.15, 0.2) is 0 Å². The van der Waals surface area contributed by atoms with Crippen LogP contribution in [0.1, 0.15) is 38.8 Å². The summed E-state index contributed by atoms with van der Waals surface area (Å²) in [6.45, 7) is 2.58. The maximum Gasteiger partial charge on any atom is 0.328 e. The Hall–Kier alpha value is -3.52. The monoisotopic (exact) mass is 484 g/mol. The van der Waals surface area contributed by atoms with Gasteiger partial charge in [-0.1, -0.05) is 20.3 Å². The van der Waals surface area contributed by atoms with Crippen molar-refractivity contribution in [1.82, 2.24) is 25.9 Å². The second kappa shape index (κ2) is 13.9. The molecule has 5 unspecified atom stereocenters. The average Bonchev–Trinajstić information content (AvgIpc) is 3.29. The first-order chi connectivity index (χ1) is 16.0. The number of aliphatic hydroxyl groups excluding tert-OH is 1. The summed E-state index contributed by atoms with van der Waals surface area (Å²) in [6.07, 6.45) is 2.72. The zero-order valence-electron chi connectivity index (χ0n) is 19.0. The molecule has 0 bridgehead atoms. The molecule has 0 aromatic carbocycles. The fourth-order valence-electron chi connectivity index (χ4n) is 2.94. The number of nitrogens with zero attached hydrogens (tertiary/aromatic N) is 1. The van der Waals surface area contributed by atoms with Crippen molar-refractivity contribution in [2.75, 3.05) is 6.61 Å². The third-order valence-corrected chi connectivity index (χ3v) is 5.20. The van der Waals surface area contributed by atoms with Crippen molar-refractivity contribution in [3.05, 3.63) is 18.2 Å². The third kappa shape index (κ3) is 9.15. The molecule has 14 heteroatoms. The quantitative estimate of drug-likeness (QED) is 0.133. The van der Waals surface area contributed by atoms with Gasteiger partial charge in [-0.05, 0) is 12.3 Å². The molecule has 5 atom stereocenters. The Balaban J connectivity index is 2.96. The summed E-state index contributed by atoms with van der Waals surface area (Å²) in [7, 11) is 0. The lowest BCUT2D eigenvalue weighted by Crippen LogP contribution is -2.59. The minimum atomic E-state index is -1.64. The van der Waals surface area contributed by atoms with Crippen LogP contribution >= 0.6 is 0 Å². The number of amides is 3. The summed E-state index contributed by atoms with van der Waals surface area (Å²) in [4.78, 5) is 66.8. The number of carbonyl (C=O) groups is 5. The second-order valence-electron chi connectivity index (χ2n) is 7.83. The molecule has 0 saturated heterocycles. The summed E-state index contributed by atoms with van der Waals surface area (Å²) in [6, 6.07) is -5.15. The van der Waals surface area contributed by atoms with Crippen molar-refractivity contribution in [2.45, 2.75) is 63.7 Å². The van der Waals surface area contributed by atoms with Crippen molar-refractivity contribution in [2.24, 2.45) is 11.7 Å². The van der Waals surface area contributed by atoms with Crippen molar-refractivity contribution in [3.8, 4) is 0 Å². The zero-order chi connectivity index (χ0) is 25.8. The van der Waals surface area contributed by atoms with Crippen LogP contribution in [0.5, 0.6) is 0 Å². The molecule has 0 fully saturated rings. The molecule has 0 aliphatic carbocycles. The van der Waals surface area contributed by atoms with Crippen LogP contribution in [0.3, 0.4) is 0 Å². The molecule has 1 aromatic heterocycles. The van der Waals surface area contributed by atoms with Gasteiger partial charge in [-0.3, -0.25) is 19.2 Å². The van der Waals surface area contributed by atoms with Gasteiger partial charge in [-0.25, -0.2) is 9.78 Å². The average molecular weight is 485 g/mol. The number of carboxylic acid groups (broad SMARTS) is 2.